The molecule has 190 valence electrons. The van der Waals surface area contributed by atoms with Crippen LogP contribution in [0.3, 0.4) is 0 Å². The molecule has 2 aromatic rings. The maximum atomic E-state index is 14.9. The maximum absolute atomic E-state index is 14.9. The van der Waals surface area contributed by atoms with Gasteiger partial charge in [-0.05, 0) is 50.7 Å². The van der Waals surface area contributed by atoms with Crippen molar-refractivity contribution in [3.8, 4) is 17.3 Å². The van der Waals surface area contributed by atoms with Crippen molar-refractivity contribution in [3.05, 3.63) is 60.1 Å². The molecule has 1 aromatic carbocycles. The summed E-state index contributed by atoms with van der Waals surface area (Å²) in [5.74, 6) is -1.22. The lowest BCUT2D eigenvalue weighted by molar-refractivity contribution is -0.130. The number of likely N-dealkylation sites (N-methyl/N-ethyl adjacent to an activating group) is 1. The summed E-state index contributed by atoms with van der Waals surface area (Å²) in [6.45, 7) is 4.29. The molecule has 3 rings (SSSR count). The normalized spacial score (nSPS) is 14.4. The smallest absolute Gasteiger partial charge is 0.414 e. The number of nitrogens with one attached hydrogen (secondary N) is 1. The van der Waals surface area contributed by atoms with E-state index in [1.807, 2.05) is 6.07 Å². The number of aliphatic hydroxyl groups excluding tert-OH is 1. The van der Waals surface area contributed by atoms with Crippen LogP contribution in [0.4, 0.5) is 14.9 Å². The fraction of sp³-hybridized carbons (Fsp3) is 0.385. The first-order chi connectivity index (χ1) is 17.2. The summed E-state index contributed by atoms with van der Waals surface area (Å²) in [6, 6.07) is 9.02. The van der Waals surface area contributed by atoms with Crippen LogP contribution >= 0.6 is 0 Å². The number of ether oxygens (including phenoxy) is 1. The minimum Gasteiger partial charge on any atom is -0.445 e. The number of hydrogen-bond acceptors (Lipinski definition) is 7. The van der Waals surface area contributed by atoms with Crippen molar-refractivity contribution in [2.45, 2.75) is 31.4 Å². The van der Waals surface area contributed by atoms with Gasteiger partial charge in [0, 0.05) is 25.1 Å². The highest BCUT2D eigenvalue weighted by Gasteiger charge is 2.25. The number of pyridine rings is 1. The van der Waals surface area contributed by atoms with E-state index in [-0.39, 0.29) is 25.1 Å². The average Bonchev–Trinajstić information content (AvgIpc) is 2.86. The molecule has 0 fully saturated rings. The summed E-state index contributed by atoms with van der Waals surface area (Å²) in [5.41, 5.74) is 2.74. The minimum atomic E-state index is -1.29. The molecular weight excluding hydrogens is 465 g/mol. The van der Waals surface area contributed by atoms with Crippen LogP contribution in [0.25, 0.3) is 11.3 Å². The molecule has 2 N–H and O–H groups in total. The van der Waals surface area contributed by atoms with Gasteiger partial charge in [-0.15, -0.1) is 0 Å². The Morgan fingerprint density at radius 3 is 2.83 bits per heavy atom. The Balaban J connectivity index is 1.73. The SMILES string of the molecule is C=CCOC(=O)N1CCCc2nc(-c3ccc(C[C@@H](C#N)NC(=O)[C@@H](O)CN(C)C)c(F)c3)ccc21. The minimum absolute atomic E-state index is 0.0531. The molecule has 9 nitrogen and oxygen atoms in total. The number of hydrogen-bond donors (Lipinski definition) is 2. The molecule has 1 aliphatic heterocycles. The number of fused-ring (bicyclic) bond motifs is 1. The molecule has 2 atom stereocenters. The van der Waals surface area contributed by atoms with Gasteiger partial charge < -0.3 is 20.1 Å². The van der Waals surface area contributed by atoms with Gasteiger partial charge in [0.05, 0.1) is 23.1 Å². The van der Waals surface area contributed by atoms with Crippen LogP contribution in [-0.4, -0.2) is 72.9 Å². The summed E-state index contributed by atoms with van der Waals surface area (Å²) in [7, 11) is 3.42. The molecular formula is C26H30FN5O4. The number of aliphatic hydroxyl groups is 1. The Bertz CT molecular complexity index is 1160. The van der Waals surface area contributed by atoms with E-state index in [1.165, 1.54) is 17.0 Å². The molecule has 0 spiro atoms. The quantitative estimate of drug-likeness (QED) is 0.513. The van der Waals surface area contributed by atoms with E-state index in [1.54, 1.807) is 43.3 Å². The predicted molar refractivity (Wildman–Crippen MR) is 133 cm³/mol. The third-order valence-corrected chi connectivity index (χ3v) is 5.67. The van der Waals surface area contributed by atoms with Gasteiger partial charge in [0.1, 0.15) is 24.6 Å². The topological polar surface area (TPSA) is 119 Å². The Labute approximate surface area is 209 Å². The van der Waals surface area contributed by atoms with E-state index < -0.39 is 30.0 Å². The molecule has 0 radical (unpaired) electrons. The third kappa shape index (κ3) is 6.65. The molecule has 0 unspecified atom stereocenters. The first kappa shape index (κ1) is 26.8. The van der Waals surface area contributed by atoms with Crippen LogP contribution in [0.1, 0.15) is 17.7 Å². The summed E-state index contributed by atoms with van der Waals surface area (Å²) in [6.07, 6.45) is 1.10. The van der Waals surface area contributed by atoms with Gasteiger partial charge in [0.15, 0.2) is 0 Å². The molecule has 0 aliphatic carbocycles. The van der Waals surface area contributed by atoms with E-state index in [9.17, 15) is 24.3 Å². The van der Waals surface area contributed by atoms with Crippen LogP contribution in [0, 0.1) is 17.1 Å². The number of benzene rings is 1. The first-order valence-corrected chi connectivity index (χ1v) is 11.6. The zero-order valence-electron chi connectivity index (χ0n) is 20.4. The molecule has 1 aromatic heterocycles. The summed E-state index contributed by atoms with van der Waals surface area (Å²) >= 11 is 0. The Kier molecular flexibility index (Phi) is 9.11. The summed E-state index contributed by atoms with van der Waals surface area (Å²) in [5, 5.41) is 21.8. The molecule has 0 saturated carbocycles. The number of aromatic nitrogens is 1. The Hall–Kier alpha value is -3.81. The number of anilines is 1. The lowest BCUT2D eigenvalue weighted by atomic mass is 10.0. The van der Waals surface area contributed by atoms with Crippen molar-refractivity contribution in [2.75, 3.05) is 38.7 Å². The van der Waals surface area contributed by atoms with Gasteiger partial charge in [0.2, 0.25) is 0 Å². The number of halogens is 1. The average molecular weight is 496 g/mol. The molecule has 2 heterocycles. The number of nitriles is 1. The predicted octanol–water partition coefficient (Wildman–Crippen LogP) is 2.44. The number of rotatable bonds is 9. The highest BCUT2D eigenvalue weighted by molar-refractivity contribution is 5.89. The molecule has 36 heavy (non-hydrogen) atoms. The fourth-order valence-electron chi connectivity index (χ4n) is 3.93. The highest BCUT2D eigenvalue weighted by Crippen LogP contribution is 2.30. The number of nitrogens with zero attached hydrogens (tertiary/aromatic N) is 4. The lowest BCUT2D eigenvalue weighted by Gasteiger charge is -2.28. The van der Waals surface area contributed by atoms with Gasteiger partial charge in [-0.2, -0.15) is 5.26 Å². The largest absolute Gasteiger partial charge is 0.445 e. The second-order valence-corrected chi connectivity index (χ2v) is 8.76. The monoisotopic (exact) mass is 495 g/mol. The van der Waals surface area contributed by atoms with Crippen molar-refractivity contribution in [2.24, 2.45) is 0 Å². The summed E-state index contributed by atoms with van der Waals surface area (Å²) < 4.78 is 20.1. The second kappa shape index (κ2) is 12.2. The van der Waals surface area contributed by atoms with Crippen molar-refractivity contribution in [1.82, 2.24) is 15.2 Å². The van der Waals surface area contributed by atoms with Crippen LogP contribution in [0.2, 0.25) is 0 Å². The van der Waals surface area contributed by atoms with Crippen LogP contribution in [-0.2, 0) is 22.4 Å². The zero-order valence-corrected chi connectivity index (χ0v) is 20.4. The fourth-order valence-corrected chi connectivity index (χ4v) is 3.93. The van der Waals surface area contributed by atoms with Crippen LogP contribution in [0.15, 0.2) is 43.0 Å². The number of aryl methyl sites for hydroxylation is 1. The molecule has 0 bridgehead atoms. The lowest BCUT2D eigenvalue weighted by Crippen LogP contribution is -2.45. The first-order valence-electron chi connectivity index (χ1n) is 11.6. The standard InChI is InChI=1S/C26H30FN5O4/c1-4-12-36-26(35)32-11-5-6-22-23(32)10-9-21(30-22)18-8-7-17(20(27)14-18)13-19(15-28)29-25(34)24(33)16-31(2)3/h4,7-10,14,19,24,33H,1,5-6,11-13,16H2,2-3H3,(H,29,34)/t19-,24-/m0/s1. The van der Waals surface area contributed by atoms with Gasteiger partial charge in [-0.3, -0.25) is 14.7 Å². The Morgan fingerprint density at radius 1 is 1.39 bits per heavy atom. The molecule has 1 aliphatic rings. The van der Waals surface area contributed by atoms with Gasteiger partial charge >= 0.3 is 6.09 Å². The van der Waals surface area contributed by atoms with Crippen LogP contribution in [0.5, 0.6) is 0 Å². The number of amides is 2. The maximum Gasteiger partial charge on any atom is 0.414 e. The van der Waals surface area contributed by atoms with E-state index >= 15 is 0 Å². The van der Waals surface area contributed by atoms with Crippen molar-refractivity contribution < 1.29 is 23.8 Å². The molecule has 2 amide bonds. The van der Waals surface area contributed by atoms with Gasteiger partial charge in [0.25, 0.3) is 5.91 Å². The molecule has 10 heteroatoms. The van der Waals surface area contributed by atoms with Crippen molar-refractivity contribution in [1.29, 1.82) is 5.26 Å². The third-order valence-electron chi connectivity index (χ3n) is 5.67. The number of carbonyl (C=O) groups excluding carboxylic acids is 2. The van der Waals surface area contributed by atoms with Crippen molar-refractivity contribution >= 4 is 17.7 Å². The van der Waals surface area contributed by atoms with Crippen molar-refractivity contribution in [3.63, 3.8) is 0 Å². The Morgan fingerprint density at radius 2 is 2.17 bits per heavy atom. The number of carbonyl (C=O) groups is 2. The van der Waals surface area contributed by atoms with Crippen LogP contribution < -0.4 is 10.2 Å². The van der Waals surface area contributed by atoms with Gasteiger partial charge in [-0.1, -0.05) is 24.8 Å². The second-order valence-electron chi connectivity index (χ2n) is 8.76. The molecule has 0 saturated heterocycles. The van der Waals surface area contributed by atoms with Gasteiger partial charge in [-0.25, -0.2) is 9.18 Å². The highest BCUT2D eigenvalue weighted by atomic mass is 19.1. The summed E-state index contributed by atoms with van der Waals surface area (Å²) in [4.78, 5) is 32.3. The zero-order chi connectivity index (χ0) is 26.2. The van der Waals surface area contributed by atoms with E-state index in [0.717, 1.165) is 12.1 Å². The van der Waals surface area contributed by atoms with E-state index in [2.05, 4.69) is 16.9 Å². The van der Waals surface area contributed by atoms with E-state index in [0.29, 0.717) is 29.9 Å². The van der Waals surface area contributed by atoms with E-state index in [4.69, 9.17) is 4.74 Å².